The van der Waals surface area contributed by atoms with Crippen molar-refractivity contribution in [2.75, 3.05) is 78.5 Å². The Hall–Kier alpha value is -2.36. The van der Waals surface area contributed by atoms with Crippen LogP contribution in [0.25, 0.3) is 0 Å². The second-order valence-electron chi connectivity index (χ2n) is 14.9. The van der Waals surface area contributed by atoms with Crippen LogP contribution in [-0.4, -0.2) is 167 Å². The molecule has 0 aliphatic carbocycles. The first-order valence-corrected chi connectivity index (χ1v) is 15.8. The number of β-amino-alcohol motifs (C(OH)–C–C–N with tert-alkyl or cyclic N) is 1. The van der Waals surface area contributed by atoms with Crippen LogP contribution in [0.4, 0.5) is 0 Å². The summed E-state index contributed by atoms with van der Waals surface area (Å²) in [7, 11) is 0. The minimum Gasteiger partial charge on any atom is -0.480 e. The Balaban J connectivity index is 2.36. The van der Waals surface area contributed by atoms with Gasteiger partial charge in [0.15, 0.2) is 0 Å². The minimum absolute atomic E-state index is 0.00395. The molecule has 0 aromatic rings. The molecular formula is C31H57N5O9. The first-order valence-electron chi connectivity index (χ1n) is 15.8. The highest BCUT2D eigenvalue weighted by molar-refractivity contribution is 5.75. The van der Waals surface area contributed by atoms with Gasteiger partial charge in [-0.1, -0.05) is 0 Å². The fourth-order valence-electron chi connectivity index (χ4n) is 5.39. The summed E-state index contributed by atoms with van der Waals surface area (Å²) >= 11 is 0. The number of hydrogen-bond donors (Lipinski definition) is 3. The van der Waals surface area contributed by atoms with Gasteiger partial charge >= 0.3 is 23.9 Å². The molecule has 3 N–H and O–H groups in total. The van der Waals surface area contributed by atoms with Crippen LogP contribution in [0, 0.1) is 0 Å². The zero-order valence-corrected chi connectivity index (χ0v) is 28.8. The van der Waals surface area contributed by atoms with Crippen molar-refractivity contribution in [3.63, 3.8) is 0 Å². The molecule has 2 aliphatic rings. The molecule has 0 amide bonds. The molecule has 2 rings (SSSR count). The Kier molecular flexibility index (Phi) is 14.2. The number of carboxylic acid groups (broad SMARTS) is 1. The van der Waals surface area contributed by atoms with Crippen LogP contribution < -0.4 is 5.32 Å². The molecule has 0 aromatic heterocycles. The lowest BCUT2D eigenvalue weighted by Crippen LogP contribution is -2.56. The Labute approximate surface area is 268 Å². The number of carbonyl (C=O) groups is 4. The van der Waals surface area contributed by atoms with E-state index in [0.717, 1.165) is 0 Å². The predicted molar refractivity (Wildman–Crippen MR) is 168 cm³/mol. The molecule has 3 atom stereocenters. The average molecular weight is 644 g/mol. The van der Waals surface area contributed by atoms with Crippen molar-refractivity contribution in [1.29, 1.82) is 0 Å². The van der Waals surface area contributed by atoms with E-state index in [0.29, 0.717) is 52.4 Å². The van der Waals surface area contributed by atoms with Gasteiger partial charge in [0.05, 0.1) is 31.8 Å². The molecule has 14 heteroatoms. The largest absolute Gasteiger partial charge is 0.480 e. The van der Waals surface area contributed by atoms with Gasteiger partial charge in [-0.2, -0.15) is 0 Å². The average Bonchev–Trinajstić information content (AvgIpc) is 3.22. The molecule has 0 spiro atoms. The summed E-state index contributed by atoms with van der Waals surface area (Å²) in [5.41, 5.74) is -1.97. The van der Waals surface area contributed by atoms with Crippen LogP contribution in [0.3, 0.4) is 0 Å². The summed E-state index contributed by atoms with van der Waals surface area (Å²) in [5, 5.41) is 23.6. The predicted octanol–water partition coefficient (Wildman–Crippen LogP) is 0.0190. The van der Waals surface area contributed by atoms with Gasteiger partial charge in [-0.05, 0) is 62.3 Å². The van der Waals surface area contributed by atoms with Gasteiger partial charge in [0.1, 0.15) is 22.8 Å². The number of aliphatic hydroxyl groups is 1. The Morgan fingerprint density at radius 1 is 0.622 bits per heavy atom. The van der Waals surface area contributed by atoms with Crippen molar-refractivity contribution < 1.29 is 43.6 Å². The summed E-state index contributed by atoms with van der Waals surface area (Å²) < 4.78 is 16.7. The Bertz CT molecular complexity index is 959. The van der Waals surface area contributed by atoms with E-state index in [1.54, 1.807) is 41.5 Å². The lowest BCUT2D eigenvalue weighted by atomic mass is 10.1. The first kappa shape index (κ1) is 38.8. The van der Waals surface area contributed by atoms with Crippen molar-refractivity contribution >= 4 is 23.9 Å². The van der Waals surface area contributed by atoms with Crippen molar-refractivity contribution in [3.05, 3.63) is 0 Å². The van der Waals surface area contributed by atoms with Gasteiger partial charge < -0.3 is 29.7 Å². The maximum absolute atomic E-state index is 12.9. The molecule has 2 heterocycles. The molecule has 2 saturated heterocycles. The molecule has 0 bridgehead atoms. The fourth-order valence-corrected chi connectivity index (χ4v) is 5.39. The second kappa shape index (κ2) is 16.5. The molecule has 0 saturated carbocycles. The van der Waals surface area contributed by atoms with Crippen molar-refractivity contribution in [1.82, 2.24) is 24.9 Å². The van der Waals surface area contributed by atoms with Gasteiger partial charge in [0, 0.05) is 58.9 Å². The van der Waals surface area contributed by atoms with Gasteiger partial charge in [-0.3, -0.25) is 38.8 Å². The number of aliphatic carboxylic acids is 1. The molecule has 0 radical (unpaired) electrons. The third-order valence-electron chi connectivity index (χ3n) is 7.16. The number of nitrogens with zero attached hydrogens (tertiary/aromatic N) is 4. The van der Waals surface area contributed by atoms with E-state index < -0.39 is 52.9 Å². The number of carboxylic acids is 1. The van der Waals surface area contributed by atoms with E-state index in [9.17, 15) is 29.4 Å². The van der Waals surface area contributed by atoms with Crippen LogP contribution in [0.15, 0.2) is 0 Å². The summed E-state index contributed by atoms with van der Waals surface area (Å²) in [4.78, 5) is 58.3. The highest BCUT2D eigenvalue weighted by atomic mass is 16.6. The standard InChI is InChI=1S/C31H57N5O9/c1-29(2,3)43-23(38)19-33-10-12-34(20-24(39)44-30(4,5)6)14-16-36(27-22(37)18-32-26(27)28(41)42)17-15-35(13-11-33)21-25(40)45-31(7,8)9/h22,26-27,32,37H,10-21H2,1-9H3,(H,41,42). The lowest BCUT2D eigenvalue weighted by Gasteiger charge is -2.38. The van der Waals surface area contributed by atoms with Crippen LogP contribution in [0.1, 0.15) is 62.3 Å². The van der Waals surface area contributed by atoms with Gasteiger partial charge in [0.25, 0.3) is 0 Å². The first-order chi connectivity index (χ1) is 20.6. The summed E-state index contributed by atoms with van der Waals surface area (Å²) in [6, 6.07) is -1.68. The quantitative estimate of drug-likeness (QED) is 0.240. The highest BCUT2D eigenvalue weighted by Crippen LogP contribution is 2.18. The molecule has 3 unspecified atom stereocenters. The van der Waals surface area contributed by atoms with E-state index in [-0.39, 0.29) is 32.1 Å². The fraction of sp³-hybridized carbons (Fsp3) is 0.871. The number of nitrogens with one attached hydrogen (secondary N) is 1. The van der Waals surface area contributed by atoms with Gasteiger partial charge in [-0.15, -0.1) is 0 Å². The maximum Gasteiger partial charge on any atom is 0.322 e. The van der Waals surface area contributed by atoms with Gasteiger partial charge in [-0.25, -0.2) is 0 Å². The lowest BCUT2D eigenvalue weighted by molar-refractivity contribution is -0.158. The molecule has 45 heavy (non-hydrogen) atoms. The molecule has 14 nitrogen and oxygen atoms in total. The van der Waals surface area contributed by atoms with Crippen LogP contribution in [0.2, 0.25) is 0 Å². The number of esters is 3. The number of ether oxygens (including phenoxy) is 3. The number of hydrogen-bond acceptors (Lipinski definition) is 13. The molecular weight excluding hydrogens is 586 g/mol. The van der Waals surface area contributed by atoms with E-state index in [1.165, 1.54) is 0 Å². The molecule has 2 aliphatic heterocycles. The van der Waals surface area contributed by atoms with Crippen LogP contribution in [0.5, 0.6) is 0 Å². The molecule has 0 aromatic carbocycles. The smallest absolute Gasteiger partial charge is 0.322 e. The van der Waals surface area contributed by atoms with Crippen LogP contribution in [-0.2, 0) is 33.4 Å². The summed E-state index contributed by atoms with van der Waals surface area (Å²) in [5.74, 6) is -2.22. The summed E-state index contributed by atoms with van der Waals surface area (Å²) in [6.07, 6.45) is -0.915. The number of aliphatic hydroxyl groups excluding tert-OH is 1. The summed E-state index contributed by atoms with van der Waals surface area (Å²) in [6.45, 7) is 19.5. The Morgan fingerprint density at radius 2 is 0.933 bits per heavy atom. The van der Waals surface area contributed by atoms with Crippen molar-refractivity contribution in [3.8, 4) is 0 Å². The minimum atomic E-state index is -1.06. The highest BCUT2D eigenvalue weighted by Gasteiger charge is 2.43. The zero-order chi connectivity index (χ0) is 34.2. The topological polar surface area (TPSA) is 161 Å². The monoisotopic (exact) mass is 643 g/mol. The molecule has 2 fully saturated rings. The van der Waals surface area contributed by atoms with E-state index in [2.05, 4.69) is 5.32 Å². The van der Waals surface area contributed by atoms with E-state index in [4.69, 9.17) is 14.2 Å². The van der Waals surface area contributed by atoms with Crippen molar-refractivity contribution in [2.24, 2.45) is 0 Å². The number of carbonyl (C=O) groups excluding carboxylic acids is 3. The molecule has 260 valence electrons. The third kappa shape index (κ3) is 15.2. The van der Waals surface area contributed by atoms with Crippen molar-refractivity contribution in [2.45, 2.75) is 97.3 Å². The normalized spacial score (nSPS) is 24.4. The third-order valence-corrected chi connectivity index (χ3v) is 7.16. The number of rotatable bonds is 8. The Morgan fingerprint density at radius 3 is 1.22 bits per heavy atom. The van der Waals surface area contributed by atoms with Crippen LogP contribution >= 0.6 is 0 Å². The van der Waals surface area contributed by atoms with E-state index >= 15 is 0 Å². The van der Waals surface area contributed by atoms with Gasteiger partial charge in [0.2, 0.25) is 0 Å². The second-order valence-corrected chi connectivity index (χ2v) is 14.9. The van der Waals surface area contributed by atoms with E-state index in [1.807, 2.05) is 40.4 Å². The zero-order valence-electron chi connectivity index (χ0n) is 28.8. The SMILES string of the molecule is CC(C)(C)OC(=O)CN1CCN(CC(=O)OC(C)(C)C)CCN(C2C(O)CNC2C(=O)O)CCN(CC(=O)OC(C)(C)C)CC1. The maximum atomic E-state index is 12.9.